The summed E-state index contributed by atoms with van der Waals surface area (Å²) in [4.78, 5) is 37.2. The molecule has 0 bridgehead atoms. The molecule has 0 saturated carbocycles. The van der Waals surface area contributed by atoms with E-state index in [4.69, 9.17) is 9.47 Å². The molecule has 11 nitrogen and oxygen atoms in total. The van der Waals surface area contributed by atoms with Gasteiger partial charge in [-0.1, -0.05) is 36.4 Å². The van der Waals surface area contributed by atoms with Crippen molar-refractivity contribution in [3.05, 3.63) is 48.0 Å². The Morgan fingerprint density at radius 3 is 2.43 bits per heavy atom. The van der Waals surface area contributed by atoms with Gasteiger partial charge in [-0.15, -0.1) is 0 Å². The Kier molecular flexibility index (Phi) is 10.2. The molecule has 0 aromatic heterocycles. The maximum absolute atomic E-state index is 13.3. The largest absolute Gasteiger partial charge is 1.00 e. The Morgan fingerprint density at radius 1 is 1.17 bits per heavy atom. The van der Waals surface area contributed by atoms with Crippen molar-refractivity contribution in [2.45, 2.75) is 49.5 Å². The van der Waals surface area contributed by atoms with Gasteiger partial charge in [0.25, 0.3) is 5.91 Å². The first kappa shape index (κ1) is 29.1. The van der Waals surface area contributed by atoms with Crippen LogP contribution in [0.2, 0.25) is 0 Å². The van der Waals surface area contributed by atoms with Crippen molar-refractivity contribution in [1.82, 2.24) is 10.6 Å². The Balaban J connectivity index is 0.00000432. The number of amides is 2. The van der Waals surface area contributed by atoms with E-state index in [1.165, 1.54) is 6.92 Å². The van der Waals surface area contributed by atoms with Crippen molar-refractivity contribution in [3.8, 4) is 0 Å². The standard InChI is InChI=1S/C23H28N2O9.Na/c1-12(27)24-18-16(25-21(30)15-9-5-7-13-6-3-4-8-14(13)15)10-23(33-2,22(31)32)34-20(18)19(29)17(28)11-26;/h3-9,16-20,26,28-29H,10-11H2,1-2H3,(H,24,27)(H,25,30)(H,31,32);/q;+1/p-1/t16-,17+,18+,19+,20+,23+;/m0./s1. The number of carbonyl (C=O) groups excluding carboxylic acids is 3. The molecule has 1 saturated heterocycles. The third kappa shape index (κ3) is 6.19. The van der Waals surface area contributed by atoms with Crippen molar-refractivity contribution in [2.24, 2.45) is 0 Å². The maximum Gasteiger partial charge on any atom is 1.00 e. The van der Waals surface area contributed by atoms with Gasteiger partial charge < -0.3 is 45.3 Å². The van der Waals surface area contributed by atoms with E-state index in [-0.39, 0.29) is 29.6 Å². The van der Waals surface area contributed by atoms with E-state index in [9.17, 15) is 34.8 Å². The minimum atomic E-state index is -2.41. The molecule has 1 heterocycles. The fourth-order valence-corrected chi connectivity index (χ4v) is 4.17. The molecule has 1 aliphatic heterocycles. The van der Waals surface area contributed by atoms with Crippen molar-refractivity contribution >= 4 is 28.6 Å². The molecule has 0 unspecified atom stereocenters. The summed E-state index contributed by atoms with van der Waals surface area (Å²) in [6.07, 6.45) is -5.64. The number of rotatable bonds is 8. The van der Waals surface area contributed by atoms with Gasteiger partial charge in [0.05, 0.1) is 18.7 Å². The average molecular weight is 498 g/mol. The third-order valence-electron chi connectivity index (χ3n) is 5.88. The first-order valence-electron chi connectivity index (χ1n) is 10.6. The van der Waals surface area contributed by atoms with Gasteiger partial charge in [-0.2, -0.15) is 0 Å². The van der Waals surface area contributed by atoms with E-state index in [1.807, 2.05) is 18.2 Å². The molecule has 0 radical (unpaired) electrons. The molecule has 0 aliphatic carbocycles. The SMILES string of the molecule is CO[C@]1(C(=O)[O-])C[C@H](NC(=O)c2cccc3ccccc23)[C@@H](NC(C)=O)[C@H]([C@H](O)[C@H](O)CO)O1.[Na+]. The van der Waals surface area contributed by atoms with Crippen molar-refractivity contribution in [2.75, 3.05) is 13.7 Å². The first-order valence-corrected chi connectivity index (χ1v) is 10.6. The Bertz CT molecular complexity index is 1060. The summed E-state index contributed by atoms with van der Waals surface area (Å²) in [7, 11) is 1.05. The molecule has 1 fully saturated rings. The van der Waals surface area contributed by atoms with Crippen molar-refractivity contribution in [3.63, 3.8) is 0 Å². The zero-order valence-electron chi connectivity index (χ0n) is 19.6. The summed E-state index contributed by atoms with van der Waals surface area (Å²) >= 11 is 0. The fourth-order valence-electron chi connectivity index (χ4n) is 4.17. The minimum absolute atomic E-state index is 0. The van der Waals surface area contributed by atoms with Gasteiger partial charge in [0.2, 0.25) is 11.7 Å². The molecule has 6 atom stereocenters. The topological polar surface area (TPSA) is 177 Å². The summed E-state index contributed by atoms with van der Waals surface area (Å²) in [5, 5.41) is 48.5. The molecule has 2 aromatic rings. The normalized spacial score (nSPS) is 25.7. The molecule has 12 heteroatoms. The van der Waals surface area contributed by atoms with Crippen molar-refractivity contribution in [1.29, 1.82) is 0 Å². The van der Waals surface area contributed by atoms with Gasteiger partial charge >= 0.3 is 29.6 Å². The van der Waals surface area contributed by atoms with Gasteiger partial charge in [0, 0.05) is 26.0 Å². The molecule has 0 spiro atoms. The number of benzene rings is 2. The summed E-state index contributed by atoms with van der Waals surface area (Å²) in [5.41, 5.74) is 0.301. The van der Waals surface area contributed by atoms with Crippen LogP contribution >= 0.6 is 0 Å². The third-order valence-corrected chi connectivity index (χ3v) is 5.88. The Labute approximate surface area is 223 Å². The molecule has 184 valence electrons. The van der Waals surface area contributed by atoms with Gasteiger partial charge in [0.15, 0.2) is 0 Å². The zero-order chi connectivity index (χ0) is 25.0. The average Bonchev–Trinajstić information content (AvgIpc) is 2.83. The van der Waals surface area contributed by atoms with E-state index in [1.54, 1.807) is 24.3 Å². The van der Waals surface area contributed by atoms with Crippen LogP contribution in [0.1, 0.15) is 23.7 Å². The monoisotopic (exact) mass is 498 g/mol. The quantitative estimate of drug-likeness (QED) is 0.223. The number of methoxy groups -OCH3 is 1. The number of carbonyl (C=O) groups is 3. The maximum atomic E-state index is 13.3. The predicted molar refractivity (Wildman–Crippen MR) is 116 cm³/mol. The molecular weight excluding hydrogens is 471 g/mol. The number of hydrogen-bond acceptors (Lipinski definition) is 9. The Hall–Kier alpha value is -2.09. The summed E-state index contributed by atoms with van der Waals surface area (Å²) in [5.74, 6) is -5.33. The molecule has 35 heavy (non-hydrogen) atoms. The number of aliphatic hydroxyl groups is 3. The fraction of sp³-hybridized carbons (Fsp3) is 0.435. The minimum Gasteiger partial charge on any atom is -0.544 e. The second kappa shape index (κ2) is 12.2. The predicted octanol–water partition coefficient (Wildman–Crippen LogP) is -4.96. The number of carboxylic acid groups (broad SMARTS) is 1. The smallest absolute Gasteiger partial charge is 0.544 e. The number of fused-ring (bicyclic) bond motifs is 1. The van der Waals surface area contributed by atoms with E-state index in [0.29, 0.717) is 10.9 Å². The van der Waals surface area contributed by atoms with Crippen LogP contribution < -0.4 is 45.3 Å². The van der Waals surface area contributed by atoms with Gasteiger partial charge in [-0.25, -0.2) is 0 Å². The van der Waals surface area contributed by atoms with E-state index in [0.717, 1.165) is 12.5 Å². The van der Waals surface area contributed by atoms with Gasteiger partial charge in [-0.05, 0) is 16.8 Å². The molecule has 3 rings (SSSR count). The van der Waals surface area contributed by atoms with Crippen LogP contribution in [-0.2, 0) is 19.1 Å². The molecule has 2 amide bonds. The van der Waals surface area contributed by atoms with Crippen LogP contribution in [0.4, 0.5) is 0 Å². The number of nitrogens with one attached hydrogen (secondary N) is 2. The second-order valence-electron chi connectivity index (χ2n) is 8.10. The van der Waals surface area contributed by atoms with Crippen LogP contribution in [0.3, 0.4) is 0 Å². The van der Waals surface area contributed by atoms with Crippen LogP contribution in [-0.4, -0.2) is 83.0 Å². The number of aliphatic carboxylic acids is 1. The van der Waals surface area contributed by atoms with E-state index < -0.39 is 67.0 Å². The molecular formula is C23H27N2NaO9. The number of aliphatic hydroxyl groups excluding tert-OH is 3. The van der Waals surface area contributed by atoms with Crippen LogP contribution in [0.25, 0.3) is 10.8 Å². The molecule has 5 N–H and O–H groups in total. The summed E-state index contributed by atoms with van der Waals surface area (Å²) in [6, 6.07) is 9.96. The van der Waals surface area contributed by atoms with Crippen LogP contribution in [0.5, 0.6) is 0 Å². The second-order valence-corrected chi connectivity index (χ2v) is 8.10. The first-order chi connectivity index (χ1) is 16.1. The number of hydrogen-bond donors (Lipinski definition) is 5. The summed E-state index contributed by atoms with van der Waals surface area (Å²) < 4.78 is 10.6. The van der Waals surface area contributed by atoms with Crippen molar-refractivity contribution < 1.29 is 73.8 Å². The van der Waals surface area contributed by atoms with Gasteiger partial charge in [-0.3, -0.25) is 9.59 Å². The molecule has 1 aliphatic rings. The Morgan fingerprint density at radius 2 is 1.83 bits per heavy atom. The van der Waals surface area contributed by atoms with Crippen LogP contribution in [0.15, 0.2) is 42.5 Å². The number of ether oxygens (including phenoxy) is 2. The van der Waals surface area contributed by atoms with E-state index in [2.05, 4.69) is 10.6 Å². The van der Waals surface area contributed by atoms with Crippen LogP contribution in [0, 0.1) is 0 Å². The summed E-state index contributed by atoms with van der Waals surface area (Å²) in [6.45, 7) is 0.318. The zero-order valence-corrected chi connectivity index (χ0v) is 21.6. The molecule has 2 aromatic carbocycles. The number of carboxylic acids is 1. The van der Waals surface area contributed by atoms with E-state index >= 15 is 0 Å². The van der Waals surface area contributed by atoms with Gasteiger partial charge in [0.1, 0.15) is 24.3 Å².